The quantitative estimate of drug-likeness (QED) is 0.514. The van der Waals surface area contributed by atoms with E-state index < -0.39 is 14.9 Å². The second-order valence-electron chi connectivity index (χ2n) is 5.02. The van der Waals surface area contributed by atoms with Crippen LogP contribution in [0.5, 0.6) is 0 Å². The Hall–Kier alpha value is -2.63. The Morgan fingerprint density at radius 1 is 1.36 bits per heavy atom. The van der Waals surface area contributed by atoms with Crippen molar-refractivity contribution in [1.82, 2.24) is 14.9 Å². The summed E-state index contributed by atoms with van der Waals surface area (Å²) in [5, 5.41) is 16.5. The van der Waals surface area contributed by atoms with Gasteiger partial charge < -0.3 is 4.52 Å². The monoisotopic (exact) mass is 380 g/mol. The van der Waals surface area contributed by atoms with E-state index >= 15 is 0 Å². The van der Waals surface area contributed by atoms with Crippen LogP contribution in [0.25, 0.3) is 10.7 Å². The molecule has 11 heteroatoms. The Morgan fingerprint density at radius 2 is 2.16 bits per heavy atom. The molecule has 9 nitrogen and oxygen atoms in total. The highest BCUT2D eigenvalue weighted by Gasteiger charge is 2.21. The summed E-state index contributed by atoms with van der Waals surface area (Å²) in [4.78, 5) is 14.9. The first kappa shape index (κ1) is 17.2. The number of nitrogens with zero attached hydrogens (tertiary/aromatic N) is 3. The number of benzene rings is 1. The molecular formula is C14H12N4O5S2. The lowest BCUT2D eigenvalue weighted by Gasteiger charge is -2.07. The number of aromatic nitrogens is 2. The maximum Gasteiger partial charge on any atom is 0.270 e. The van der Waals surface area contributed by atoms with Gasteiger partial charge in [-0.3, -0.25) is 10.1 Å². The van der Waals surface area contributed by atoms with Gasteiger partial charge in [0.1, 0.15) is 0 Å². The minimum Gasteiger partial charge on any atom is -0.337 e. The molecule has 0 saturated heterocycles. The molecule has 0 fully saturated rings. The molecule has 3 aromatic rings. The van der Waals surface area contributed by atoms with Crippen LogP contribution in [-0.2, 0) is 16.6 Å². The molecule has 1 aromatic carbocycles. The smallest absolute Gasteiger partial charge is 0.270 e. The van der Waals surface area contributed by atoms with Gasteiger partial charge in [-0.2, -0.15) is 4.98 Å². The van der Waals surface area contributed by atoms with Crippen LogP contribution in [0.3, 0.4) is 0 Å². The van der Waals surface area contributed by atoms with E-state index in [4.69, 9.17) is 4.52 Å². The van der Waals surface area contributed by atoms with Gasteiger partial charge in [-0.25, -0.2) is 13.1 Å². The number of thiophene rings is 1. The van der Waals surface area contributed by atoms with E-state index in [-0.39, 0.29) is 23.0 Å². The van der Waals surface area contributed by atoms with Gasteiger partial charge in [0.2, 0.25) is 21.7 Å². The number of hydrogen-bond donors (Lipinski definition) is 1. The van der Waals surface area contributed by atoms with Gasteiger partial charge in [0.25, 0.3) is 5.69 Å². The standard InChI is InChI=1S/C14H12N4O5S2/c1-9-4-5-10(18(19)20)7-12(9)25(21,22)15-8-13-16-14(17-23-13)11-3-2-6-24-11/h2-7,15H,8H2,1H3. The number of rotatable bonds is 6. The lowest BCUT2D eigenvalue weighted by Crippen LogP contribution is -2.24. The molecule has 2 heterocycles. The van der Waals surface area contributed by atoms with E-state index in [1.807, 2.05) is 17.5 Å². The Labute approximate surface area is 146 Å². The zero-order chi connectivity index (χ0) is 18.0. The molecule has 0 aliphatic rings. The van der Waals surface area contributed by atoms with Gasteiger partial charge in [-0.05, 0) is 23.9 Å². The van der Waals surface area contributed by atoms with Crippen molar-refractivity contribution in [2.45, 2.75) is 18.4 Å². The van der Waals surface area contributed by atoms with Gasteiger partial charge in [-0.1, -0.05) is 17.3 Å². The molecule has 130 valence electrons. The normalized spacial score (nSPS) is 11.6. The Bertz CT molecular complexity index is 1010. The number of non-ortho nitro benzene ring substituents is 1. The molecule has 0 spiro atoms. The fraction of sp³-hybridized carbons (Fsp3) is 0.143. The molecule has 25 heavy (non-hydrogen) atoms. The van der Waals surface area contributed by atoms with Crippen LogP contribution in [0.1, 0.15) is 11.5 Å². The van der Waals surface area contributed by atoms with Crippen LogP contribution in [0, 0.1) is 17.0 Å². The van der Waals surface area contributed by atoms with E-state index in [1.165, 1.54) is 23.5 Å². The molecule has 2 aromatic heterocycles. The van der Waals surface area contributed by atoms with Crippen LogP contribution >= 0.6 is 11.3 Å². The second-order valence-corrected chi connectivity index (χ2v) is 7.70. The summed E-state index contributed by atoms with van der Waals surface area (Å²) in [6.45, 7) is 1.34. The van der Waals surface area contributed by atoms with Crippen molar-refractivity contribution in [3.8, 4) is 10.7 Å². The molecule has 1 N–H and O–H groups in total. The summed E-state index contributed by atoms with van der Waals surface area (Å²) < 4.78 is 32.2. The first-order valence-corrected chi connectivity index (χ1v) is 9.34. The number of sulfonamides is 1. The lowest BCUT2D eigenvalue weighted by molar-refractivity contribution is -0.385. The van der Waals surface area contributed by atoms with Gasteiger partial charge in [0.15, 0.2) is 0 Å². The molecule has 0 saturated carbocycles. The van der Waals surface area contributed by atoms with Crippen LogP contribution < -0.4 is 4.72 Å². The fourth-order valence-corrected chi connectivity index (χ4v) is 3.94. The maximum absolute atomic E-state index is 12.4. The SMILES string of the molecule is Cc1ccc([N+](=O)[O-])cc1S(=O)(=O)NCc1nc(-c2cccs2)no1. The average molecular weight is 380 g/mol. The largest absolute Gasteiger partial charge is 0.337 e. The molecule has 0 amide bonds. The van der Waals surface area contributed by atoms with Crippen molar-refractivity contribution >= 4 is 27.0 Å². The number of hydrogen-bond acceptors (Lipinski definition) is 8. The van der Waals surface area contributed by atoms with Crippen molar-refractivity contribution in [2.75, 3.05) is 0 Å². The molecule has 3 rings (SSSR count). The Balaban J connectivity index is 1.78. The van der Waals surface area contributed by atoms with Crippen LogP contribution in [0.2, 0.25) is 0 Å². The van der Waals surface area contributed by atoms with E-state index in [0.717, 1.165) is 10.9 Å². The summed E-state index contributed by atoms with van der Waals surface area (Å²) >= 11 is 1.43. The molecule has 0 aliphatic heterocycles. The highest BCUT2D eigenvalue weighted by molar-refractivity contribution is 7.89. The number of nitro benzene ring substituents is 1. The summed E-state index contributed by atoms with van der Waals surface area (Å²) in [5.74, 6) is 0.464. The van der Waals surface area contributed by atoms with Crippen molar-refractivity contribution in [3.63, 3.8) is 0 Å². The van der Waals surface area contributed by atoms with Crippen LogP contribution in [-0.4, -0.2) is 23.5 Å². The highest BCUT2D eigenvalue weighted by Crippen LogP contribution is 2.23. The lowest BCUT2D eigenvalue weighted by atomic mass is 10.2. The third-order valence-corrected chi connectivity index (χ3v) is 5.70. The van der Waals surface area contributed by atoms with Crippen molar-refractivity contribution < 1.29 is 17.9 Å². The summed E-state index contributed by atoms with van der Waals surface area (Å²) in [7, 11) is -3.97. The first-order valence-electron chi connectivity index (χ1n) is 6.98. The first-order chi connectivity index (χ1) is 11.9. The van der Waals surface area contributed by atoms with E-state index in [9.17, 15) is 18.5 Å². The van der Waals surface area contributed by atoms with Crippen LogP contribution in [0.4, 0.5) is 5.69 Å². The molecular weight excluding hydrogens is 368 g/mol. The van der Waals surface area contributed by atoms with E-state index in [2.05, 4.69) is 14.9 Å². The predicted molar refractivity (Wildman–Crippen MR) is 89.5 cm³/mol. The zero-order valence-electron chi connectivity index (χ0n) is 12.9. The third kappa shape index (κ3) is 3.73. The number of aryl methyl sites for hydroxylation is 1. The Morgan fingerprint density at radius 3 is 2.84 bits per heavy atom. The van der Waals surface area contributed by atoms with Crippen LogP contribution in [0.15, 0.2) is 45.1 Å². The molecule has 0 radical (unpaired) electrons. The van der Waals surface area contributed by atoms with E-state index in [0.29, 0.717) is 11.4 Å². The predicted octanol–water partition coefficient (Wildman–Crippen LogP) is 2.49. The minimum absolute atomic E-state index is 0.0926. The van der Waals surface area contributed by atoms with Crippen molar-refractivity contribution in [1.29, 1.82) is 0 Å². The number of nitro groups is 1. The molecule has 0 aliphatic carbocycles. The summed E-state index contributed by atoms with van der Waals surface area (Å²) in [6, 6.07) is 7.30. The molecule has 0 unspecified atom stereocenters. The molecule has 0 bridgehead atoms. The topological polar surface area (TPSA) is 128 Å². The fourth-order valence-electron chi connectivity index (χ4n) is 2.06. The maximum atomic E-state index is 12.4. The van der Waals surface area contributed by atoms with Gasteiger partial charge in [0.05, 0.1) is 21.2 Å². The minimum atomic E-state index is -3.97. The van der Waals surface area contributed by atoms with Gasteiger partial charge >= 0.3 is 0 Å². The third-order valence-electron chi connectivity index (χ3n) is 3.30. The zero-order valence-corrected chi connectivity index (χ0v) is 14.5. The second kappa shape index (κ2) is 6.70. The van der Waals surface area contributed by atoms with Crippen molar-refractivity contribution in [2.24, 2.45) is 0 Å². The highest BCUT2D eigenvalue weighted by atomic mass is 32.2. The average Bonchev–Trinajstić information content (AvgIpc) is 3.24. The number of nitrogens with one attached hydrogen (secondary N) is 1. The van der Waals surface area contributed by atoms with Gasteiger partial charge in [0, 0.05) is 12.1 Å². The van der Waals surface area contributed by atoms with E-state index in [1.54, 1.807) is 6.92 Å². The van der Waals surface area contributed by atoms with Gasteiger partial charge in [-0.15, -0.1) is 11.3 Å². The summed E-state index contributed by atoms with van der Waals surface area (Å²) in [6.07, 6.45) is 0. The molecule has 0 atom stereocenters. The van der Waals surface area contributed by atoms with Crippen molar-refractivity contribution in [3.05, 3.63) is 57.3 Å². The Kier molecular flexibility index (Phi) is 4.61. The summed E-state index contributed by atoms with van der Waals surface area (Å²) in [5.41, 5.74) is 0.0895.